The minimum atomic E-state index is -0.494. The molecule has 0 radical (unpaired) electrons. The van der Waals surface area contributed by atoms with Gasteiger partial charge >= 0.3 is 5.69 Å². The van der Waals surface area contributed by atoms with E-state index in [4.69, 9.17) is 12.2 Å². The van der Waals surface area contributed by atoms with Gasteiger partial charge in [-0.15, -0.1) is 0 Å². The predicted octanol–water partition coefficient (Wildman–Crippen LogP) is -0.915. The Bertz CT molecular complexity index is 710. The maximum absolute atomic E-state index is 11.6. The first kappa shape index (κ1) is 9.71. The fourth-order valence-electron chi connectivity index (χ4n) is 1.27. The van der Waals surface area contributed by atoms with Gasteiger partial charge in [-0.05, 0) is 12.2 Å². The van der Waals surface area contributed by atoms with Gasteiger partial charge in [-0.1, -0.05) is 0 Å². The zero-order valence-corrected chi connectivity index (χ0v) is 8.83. The van der Waals surface area contributed by atoms with Crippen LogP contribution < -0.4 is 11.2 Å². The second-order valence-electron chi connectivity index (χ2n) is 3.02. The number of hydrogen-bond donors (Lipinski definition) is 1. The molecule has 0 spiro atoms. The third-order valence-electron chi connectivity index (χ3n) is 2.08. The standard InChI is InChI=1S/C7H7N5O2S/c1-11-4-3(9-10-6(15)8-4)5(13)12(2)7(11)14/h1-2H3,(H,8,10,15). The third-order valence-corrected chi connectivity index (χ3v) is 2.26. The van der Waals surface area contributed by atoms with Crippen LogP contribution in [0, 0.1) is 4.77 Å². The summed E-state index contributed by atoms with van der Waals surface area (Å²) in [5.41, 5.74) is -0.672. The molecule has 1 N–H and O–H groups in total. The molecular weight excluding hydrogens is 218 g/mol. The highest BCUT2D eigenvalue weighted by atomic mass is 32.1. The van der Waals surface area contributed by atoms with Crippen LogP contribution in [0.3, 0.4) is 0 Å². The Balaban J connectivity index is 3.22. The van der Waals surface area contributed by atoms with Crippen molar-refractivity contribution in [3.05, 3.63) is 25.6 Å². The Labute approximate surface area is 88.0 Å². The van der Waals surface area contributed by atoms with E-state index in [9.17, 15) is 9.59 Å². The number of hydrogen-bond acceptors (Lipinski definition) is 5. The molecule has 0 saturated carbocycles. The lowest BCUT2D eigenvalue weighted by Gasteiger charge is -2.04. The van der Waals surface area contributed by atoms with E-state index in [1.807, 2.05) is 0 Å². The molecule has 7 nitrogen and oxygen atoms in total. The molecule has 2 rings (SSSR count). The lowest BCUT2D eigenvalue weighted by atomic mass is 10.5. The summed E-state index contributed by atoms with van der Waals surface area (Å²) in [5.74, 6) is 0. The van der Waals surface area contributed by atoms with Crippen molar-refractivity contribution >= 4 is 23.4 Å². The van der Waals surface area contributed by atoms with Crippen molar-refractivity contribution in [2.24, 2.45) is 14.1 Å². The number of H-pyrrole nitrogens is 1. The lowest BCUT2D eigenvalue weighted by Crippen LogP contribution is -2.37. The molecule has 15 heavy (non-hydrogen) atoms. The maximum atomic E-state index is 11.6. The van der Waals surface area contributed by atoms with Crippen LogP contribution in [0.2, 0.25) is 0 Å². The van der Waals surface area contributed by atoms with E-state index in [2.05, 4.69) is 15.2 Å². The molecule has 0 aliphatic carbocycles. The van der Waals surface area contributed by atoms with E-state index in [0.29, 0.717) is 0 Å². The van der Waals surface area contributed by atoms with Gasteiger partial charge in [0.2, 0.25) is 4.77 Å². The Hall–Kier alpha value is -1.83. The largest absolute Gasteiger partial charge is 0.332 e. The molecule has 0 aromatic carbocycles. The summed E-state index contributed by atoms with van der Waals surface area (Å²) in [6.45, 7) is 0. The highest BCUT2D eigenvalue weighted by molar-refractivity contribution is 7.71. The average Bonchev–Trinajstić information content (AvgIpc) is 2.23. The van der Waals surface area contributed by atoms with Crippen LogP contribution in [0.1, 0.15) is 0 Å². The molecule has 0 unspecified atom stereocenters. The molecule has 0 aliphatic rings. The van der Waals surface area contributed by atoms with Gasteiger partial charge in [-0.25, -0.2) is 4.79 Å². The van der Waals surface area contributed by atoms with Crippen molar-refractivity contribution in [1.82, 2.24) is 24.3 Å². The number of rotatable bonds is 0. The smallest absolute Gasteiger partial charge is 0.279 e. The van der Waals surface area contributed by atoms with Crippen molar-refractivity contribution in [3.8, 4) is 0 Å². The van der Waals surface area contributed by atoms with Crippen molar-refractivity contribution < 1.29 is 0 Å². The zero-order chi connectivity index (χ0) is 11.2. The number of aromatic amines is 1. The van der Waals surface area contributed by atoms with Gasteiger partial charge in [-0.3, -0.25) is 19.0 Å². The molecule has 0 saturated heterocycles. The molecule has 0 atom stereocenters. The van der Waals surface area contributed by atoms with Crippen LogP contribution in [0.5, 0.6) is 0 Å². The summed E-state index contributed by atoms with van der Waals surface area (Å²) in [4.78, 5) is 27.0. The zero-order valence-electron chi connectivity index (χ0n) is 8.01. The summed E-state index contributed by atoms with van der Waals surface area (Å²) in [6.07, 6.45) is 0. The first-order valence-corrected chi connectivity index (χ1v) is 4.45. The van der Waals surface area contributed by atoms with Crippen molar-refractivity contribution in [3.63, 3.8) is 0 Å². The van der Waals surface area contributed by atoms with Crippen LogP contribution in [0.4, 0.5) is 0 Å². The molecule has 78 valence electrons. The van der Waals surface area contributed by atoms with Crippen LogP contribution >= 0.6 is 12.2 Å². The summed E-state index contributed by atoms with van der Waals surface area (Å²) in [6, 6.07) is 0. The fourth-order valence-corrected chi connectivity index (χ4v) is 1.40. The highest BCUT2D eigenvalue weighted by Crippen LogP contribution is 1.96. The van der Waals surface area contributed by atoms with Crippen LogP contribution in [-0.2, 0) is 14.1 Å². The maximum Gasteiger partial charge on any atom is 0.332 e. The van der Waals surface area contributed by atoms with Crippen molar-refractivity contribution in [1.29, 1.82) is 0 Å². The number of aromatic nitrogens is 5. The molecule has 0 amide bonds. The first-order chi connectivity index (χ1) is 7.02. The number of aryl methyl sites for hydroxylation is 1. The second-order valence-corrected chi connectivity index (χ2v) is 3.41. The number of nitrogens with one attached hydrogen (secondary N) is 1. The van der Waals surface area contributed by atoms with Crippen molar-refractivity contribution in [2.75, 3.05) is 0 Å². The minimum Gasteiger partial charge on any atom is -0.279 e. The van der Waals surface area contributed by atoms with E-state index >= 15 is 0 Å². The Kier molecular flexibility index (Phi) is 2.00. The summed E-state index contributed by atoms with van der Waals surface area (Å²) < 4.78 is 2.33. The molecule has 2 heterocycles. The van der Waals surface area contributed by atoms with Crippen LogP contribution in [-0.4, -0.2) is 24.3 Å². The predicted molar refractivity (Wildman–Crippen MR) is 55.2 cm³/mol. The highest BCUT2D eigenvalue weighted by Gasteiger charge is 2.10. The van der Waals surface area contributed by atoms with Gasteiger partial charge in [0.25, 0.3) is 5.56 Å². The molecule has 8 heteroatoms. The summed E-state index contributed by atoms with van der Waals surface area (Å²) in [5, 5.41) is 6.17. The van der Waals surface area contributed by atoms with Crippen molar-refractivity contribution in [2.45, 2.75) is 0 Å². The SMILES string of the molecule is Cn1c(=O)c2n[nH]c(=S)nc2n(C)c1=O. The Morgan fingerprint density at radius 3 is 2.60 bits per heavy atom. The monoisotopic (exact) mass is 225 g/mol. The van der Waals surface area contributed by atoms with Gasteiger partial charge in [-0.2, -0.15) is 10.1 Å². The van der Waals surface area contributed by atoms with Gasteiger partial charge in [0.15, 0.2) is 11.2 Å². The van der Waals surface area contributed by atoms with Gasteiger partial charge in [0.05, 0.1) is 0 Å². The molecular formula is C7H7N5O2S. The van der Waals surface area contributed by atoms with Gasteiger partial charge in [0.1, 0.15) is 0 Å². The minimum absolute atomic E-state index is 0.0909. The van der Waals surface area contributed by atoms with E-state index < -0.39 is 11.2 Å². The lowest BCUT2D eigenvalue weighted by molar-refractivity contribution is 0.698. The fraction of sp³-hybridized carbons (Fsp3) is 0.286. The van der Waals surface area contributed by atoms with E-state index in [1.165, 1.54) is 18.7 Å². The topological polar surface area (TPSA) is 85.6 Å². The molecule has 0 aliphatic heterocycles. The van der Waals surface area contributed by atoms with Gasteiger partial charge in [0, 0.05) is 14.1 Å². The molecule has 2 aromatic heterocycles. The van der Waals surface area contributed by atoms with E-state index in [1.54, 1.807) is 0 Å². The number of nitrogens with zero attached hydrogens (tertiary/aromatic N) is 4. The summed E-state index contributed by atoms with van der Waals surface area (Å²) >= 11 is 4.77. The second kappa shape index (κ2) is 3.09. The van der Waals surface area contributed by atoms with E-state index in [-0.39, 0.29) is 15.9 Å². The molecule has 2 aromatic rings. The molecule has 0 bridgehead atoms. The first-order valence-electron chi connectivity index (χ1n) is 4.05. The van der Waals surface area contributed by atoms with E-state index in [0.717, 1.165) is 4.57 Å². The van der Waals surface area contributed by atoms with Gasteiger partial charge < -0.3 is 0 Å². The van der Waals surface area contributed by atoms with Crippen LogP contribution in [0.25, 0.3) is 11.2 Å². The van der Waals surface area contributed by atoms with Crippen LogP contribution in [0.15, 0.2) is 9.59 Å². The number of fused-ring (bicyclic) bond motifs is 1. The normalized spacial score (nSPS) is 10.8. The third kappa shape index (κ3) is 1.30. The average molecular weight is 225 g/mol. The summed E-state index contributed by atoms with van der Waals surface area (Å²) in [7, 11) is 2.89. The Morgan fingerprint density at radius 1 is 1.27 bits per heavy atom. The Morgan fingerprint density at radius 2 is 1.93 bits per heavy atom. The quantitative estimate of drug-likeness (QED) is 0.586. The molecule has 0 fully saturated rings.